The maximum Gasteiger partial charge on any atom is 0.317 e. The van der Waals surface area contributed by atoms with Gasteiger partial charge < -0.3 is 19.9 Å². The minimum atomic E-state index is -0.386. The Morgan fingerprint density at radius 2 is 2.26 bits per heavy atom. The van der Waals surface area contributed by atoms with Crippen molar-refractivity contribution in [3.8, 4) is 0 Å². The van der Waals surface area contributed by atoms with Gasteiger partial charge >= 0.3 is 6.03 Å². The third-order valence-corrected chi connectivity index (χ3v) is 4.35. The summed E-state index contributed by atoms with van der Waals surface area (Å²) in [5, 5.41) is 12.8. The fourth-order valence-electron chi connectivity index (χ4n) is 2.76. The molecule has 1 unspecified atom stereocenters. The second-order valence-corrected chi connectivity index (χ2v) is 6.30. The van der Waals surface area contributed by atoms with Gasteiger partial charge in [0.2, 0.25) is 0 Å². The maximum atomic E-state index is 12.0. The van der Waals surface area contributed by atoms with Gasteiger partial charge in [0.15, 0.2) is 0 Å². The second-order valence-electron chi connectivity index (χ2n) is 6.30. The molecule has 1 saturated carbocycles. The first kappa shape index (κ1) is 15.8. The summed E-state index contributed by atoms with van der Waals surface area (Å²) in [6.07, 6.45) is 4.45. The third kappa shape index (κ3) is 4.01. The van der Waals surface area contributed by atoms with E-state index in [-0.39, 0.29) is 12.1 Å². The molecule has 1 heterocycles. The van der Waals surface area contributed by atoms with Gasteiger partial charge in [-0.2, -0.15) is 0 Å². The molecule has 0 spiro atoms. The van der Waals surface area contributed by atoms with E-state index in [2.05, 4.69) is 14.9 Å². The van der Waals surface area contributed by atoms with Crippen molar-refractivity contribution in [2.75, 3.05) is 20.1 Å². The summed E-state index contributed by atoms with van der Waals surface area (Å²) in [5.41, 5.74) is 2.11. The van der Waals surface area contributed by atoms with Crippen molar-refractivity contribution in [1.82, 2.24) is 19.8 Å². The van der Waals surface area contributed by atoms with Gasteiger partial charge in [0.05, 0.1) is 23.5 Å². The molecule has 1 aromatic carbocycles. The van der Waals surface area contributed by atoms with Crippen LogP contribution in [0.1, 0.15) is 19.3 Å². The predicted octanol–water partition coefficient (Wildman–Crippen LogP) is 1.84. The fourth-order valence-corrected chi connectivity index (χ4v) is 2.76. The van der Waals surface area contributed by atoms with E-state index >= 15 is 0 Å². The number of aromatic nitrogens is 2. The fraction of sp³-hybridized carbons (Fsp3) is 0.529. The molecule has 3 rings (SSSR count). The number of imidazole rings is 1. The molecular weight excluding hydrogens is 292 g/mol. The molecule has 0 bridgehead atoms. The van der Waals surface area contributed by atoms with Crippen LogP contribution >= 0.6 is 0 Å². The minimum Gasteiger partial charge on any atom is -0.391 e. The highest BCUT2D eigenvalue weighted by molar-refractivity contribution is 5.75. The normalized spacial score (nSPS) is 15.6. The number of likely N-dealkylation sites (N-methyl/N-ethyl adjacent to an activating group) is 1. The molecule has 1 fully saturated rings. The van der Waals surface area contributed by atoms with E-state index < -0.39 is 0 Å². The van der Waals surface area contributed by atoms with Crippen molar-refractivity contribution in [1.29, 1.82) is 0 Å². The predicted molar refractivity (Wildman–Crippen MR) is 89.1 cm³/mol. The number of carbonyl (C=O) groups is 1. The number of hydrogen-bond acceptors (Lipinski definition) is 3. The first-order chi connectivity index (χ1) is 11.1. The van der Waals surface area contributed by atoms with Gasteiger partial charge in [-0.1, -0.05) is 12.1 Å². The Bertz CT molecular complexity index is 665. The van der Waals surface area contributed by atoms with Crippen LogP contribution in [0, 0.1) is 5.92 Å². The maximum absolute atomic E-state index is 12.0. The van der Waals surface area contributed by atoms with Crippen LogP contribution in [-0.2, 0) is 6.54 Å². The lowest BCUT2D eigenvalue weighted by Gasteiger charge is -2.21. The zero-order valence-electron chi connectivity index (χ0n) is 13.5. The molecular formula is C17H24N4O2. The third-order valence-electron chi connectivity index (χ3n) is 4.35. The summed E-state index contributed by atoms with van der Waals surface area (Å²) < 4.78 is 2.10. The van der Waals surface area contributed by atoms with Gasteiger partial charge in [0, 0.05) is 26.7 Å². The summed E-state index contributed by atoms with van der Waals surface area (Å²) >= 11 is 0. The number of amides is 2. The van der Waals surface area contributed by atoms with Crippen LogP contribution in [0.4, 0.5) is 4.79 Å². The number of benzene rings is 1. The number of urea groups is 1. The molecule has 1 aromatic heterocycles. The van der Waals surface area contributed by atoms with Crippen molar-refractivity contribution in [2.24, 2.45) is 5.92 Å². The SMILES string of the molecule is CN(CC(O)C1CC1)C(=O)NCCCn1cnc2ccccc21. The van der Waals surface area contributed by atoms with Crippen LogP contribution in [0.3, 0.4) is 0 Å². The summed E-state index contributed by atoms with van der Waals surface area (Å²) in [5.74, 6) is 0.389. The quantitative estimate of drug-likeness (QED) is 0.766. The lowest BCUT2D eigenvalue weighted by atomic mass is 10.2. The Balaban J connectivity index is 1.39. The van der Waals surface area contributed by atoms with Gasteiger partial charge in [-0.3, -0.25) is 0 Å². The number of rotatable bonds is 7. The van der Waals surface area contributed by atoms with Crippen molar-refractivity contribution in [3.05, 3.63) is 30.6 Å². The molecule has 0 saturated heterocycles. The molecule has 6 heteroatoms. The van der Waals surface area contributed by atoms with Crippen LogP contribution < -0.4 is 5.32 Å². The summed E-state index contributed by atoms with van der Waals surface area (Å²) in [4.78, 5) is 17.9. The van der Waals surface area contributed by atoms with E-state index in [1.54, 1.807) is 11.9 Å². The molecule has 23 heavy (non-hydrogen) atoms. The summed E-state index contributed by atoms with van der Waals surface area (Å²) in [6.45, 7) is 1.83. The number of carbonyl (C=O) groups excluding carboxylic acids is 1. The summed E-state index contributed by atoms with van der Waals surface area (Å²) in [6, 6.07) is 7.90. The molecule has 6 nitrogen and oxygen atoms in total. The Hall–Kier alpha value is -2.08. The van der Waals surface area contributed by atoms with E-state index in [1.807, 2.05) is 30.6 Å². The number of aliphatic hydroxyl groups is 1. The highest BCUT2D eigenvalue weighted by atomic mass is 16.3. The Labute approximate surface area is 136 Å². The van der Waals surface area contributed by atoms with Crippen LogP contribution in [0.2, 0.25) is 0 Å². The molecule has 2 amide bonds. The number of aliphatic hydroxyl groups excluding tert-OH is 1. The lowest BCUT2D eigenvalue weighted by Crippen LogP contribution is -2.42. The average molecular weight is 316 g/mol. The molecule has 0 radical (unpaired) electrons. The van der Waals surface area contributed by atoms with Gasteiger partial charge in [-0.25, -0.2) is 9.78 Å². The number of para-hydroxylation sites is 2. The van der Waals surface area contributed by atoms with Crippen molar-refractivity contribution < 1.29 is 9.90 Å². The summed E-state index contributed by atoms with van der Waals surface area (Å²) in [7, 11) is 1.73. The first-order valence-electron chi connectivity index (χ1n) is 8.22. The van der Waals surface area contributed by atoms with Gasteiger partial charge in [0.1, 0.15) is 0 Å². The zero-order valence-corrected chi connectivity index (χ0v) is 13.5. The largest absolute Gasteiger partial charge is 0.391 e. The standard InChI is InChI=1S/C17H24N4O2/c1-20(11-16(22)13-7-8-13)17(23)18-9-4-10-21-12-19-14-5-2-3-6-15(14)21/h2-3,5-6,12-13,16,22H,4,7-11H2,1H3,(H,18,23). The van der Waals surface area contributed by atoms with Crippen LogP contribution in [-0.4, -0.2) is 51.8 Å². The Morgan fingerprint density at radius 1 is 1.48 bits per heavy atom. The Morgan fingerprint density at radius 3 is 3.04 bits per heavy atom. The molecule has 124 valence electrons. The number of nitrogens with zero attached hydrogens (tertiary/aromatic N) is 3. The highest BCUT2D eigenvalue weighted by Gasteiger charge is 2.31. The number of fused-ring (bicyclic) bond motifs is 1. The zero-order chi connectivity index (χ0) is 16.2. The monoisotopic (exact) mass is 316 g/mol. The van der Waals surface area contributed by atoms with Gasteiger partial charge in [-0.05, 0) is 37.3 Å². The van der Waals surface area contributed by atoms with Crippen molar-refractivity contribution in [2.45, 2.75) is 31.9 Å². The lowest BCUT2D eigenvalue weighted by molar-refractivity contribution is 0.113. The topological polar surface area (TPSA) is 70.4 Å². The molecule has 2 aromatic rings. The van der Waals surface area contributed by atoms with E-state index in [9.17, 15) is 9.90 Å². The van der Waals surface area contributed by atoms with E-state index in [4.69, 9.17) is 0 Å². The number of aryl methyl sites for hydroxylation is 1. The van der Waals surface area contributed by atoms with Gasteiger partial charge in [-0.15, -0.1) is 0 Å². The minimum absolute atomic E-state index is 0.125. The highest BCUT2D eigenvalue weighted by Crippen LogP contribution is 2.32. The molecule has 2 N–H and O–H groups in total. The van der Waals surface area contributed by atoms with Gasteiger partial charge in [0.25, 0.3) is 0 Å². The second kappa shape index (κ2) is 7.00. The van der Waals surface area contributed by atoms with Crippen molar-refractivity contribution in [3.63, 3.8) is 0 Å². The first-order valence-corrected chi connectivity index (χ1v) is 8.22. The van der Waals surface area contributed by atoms with Crippen LogP contribution in [0.5, 0.6) is 0 Å². The number of nitrogens with one attached hydrogen (secondary N) is 1. The molecule has 1 aliphatic rings. The molecule has 0 aliphatic heterocycles. The average Bonchev–Trinajstić information content (AvgIpc) is 3.33. The van der Waals surface area contributed by atoms with E-state index in [0.29, 0.717) is 19.0 Å². The van der Waals surface area contributed by atoms with Crippen LogP contribution in [0.25, 0.3) is 11.0 Å². The molecule has 1 aliphatic carbocycles. The Kier molecular flexibility index (Phi) is 4.81. The van der Waals surface area contributed by atoms with E-state index in [1.165, 1.54) is 0 Å². The smallest absolute Gasteiger partial charge is 0.317 e. The molecule has 1 atom stereocenters. The van der Waals surface area contributed by atoms with Crippen molar-refractivity contribution >= 4 is 17.1 Å². The van der Waals surface area contributed by atoms with E-state index in [0.717, 1.165) is 36.8 Å². The van der Waals surface area contributed by atoms with Crippen LogP contribution in [0.15, 0.2) is 30.6 Å². The number of hydrogen-bond donors (Lipinski definition) is 2.